The van der Waals surface area contributed by atoms with Crippen LogP contribution in [0.15, 0.2) is 12.1 Å². The highest BCUT2D eigenvalue weighted by Crippen LogP contribution is 2.40. The standard InChI is InChI=1S/C19H33NO.C6H8O7/c1-14-12-15(18(2,3)4)17(21-11-10-20(8)9)16(13-14)19(5,6)7;7-3(8)1-6(13,5(11)12)2-4(9)10/h12-13H,10-11H2,1-9H3;13H,1-2H2,(H,7,8)(H,9,10)(H,11,12). The molecule has 0 amide bonds. The van der Waals surface area contributed by atoms with Crippen LogP contribution in [0, 0.1) is 6.92 Å². The second-order valence-corrected chi connectivity index (χ2v) is 10.8. The van der Waals surface area contributed by atoms with Crippen LogP contribution >= 0.6 is 0 Å². The van der Waals surface area contributed by atoms with Gasteiger partial charge in [0.25, 0.3) is 0 Å². The highest BCUT2D eigenvalue weighted by Gasteiger charge is 2.40. The van der Waals surface area contributed by atoms with Crippen LogP contribution in [-0.4, -0.2) is 76.1 Å². The van der Waals surface area contributed by atoms with E-state index in [1.54, 1.807) is 0 Å². The number of benzene rings is 1. The summed E-state index contributed by atoms with van der Waals surface area (Å²) in [5, 5.41) is 33.8. The SMILES string of the molecule is Cc1cc(C(C)(C)C)c(OCCN(C)C)c(C(C)(C)C)c1.O=C(O)CC(O)(CC(=O)O)C(=O)O. The summed E-state index contributed by atoms with van der Waals surface area (Å²) in [5.74, 6) is -3.93. The number of hydrogen-bond donors (Lipinski definition) is 4. The van der Waals surface area contributed by atoms with Crippen molar-refractivity contribution < 1.29 is 39.5 Å². The van der Waals surface area contributed by atoms with Crippen molar-refractivity contribution in [1.82, 2.24) is 4.90 Å². The van der Waals surface area contributed by atoms with E-state index in [9.17, 15) is 14.4 Å². The van der Waals surface area contributed by atoms with E-state index in [4.69, 9.17) is 25.2 Å². The van der Waals surface area contributed by atoms with Crippen LogP contribution in [0.3, 0.4) is 0 Å². The Morgan fingerprint density at radius 2 is 1.24 bits per heavy atom. The van der Waals surface area contributed by atoms with Crippen LogP contribution in [0.2, 0.25) is 0 Å². The Bertz CT molecular complexity index is 812. The Kier molecular flexibility index (Phi) is 11.2. The Morgan fingerprint density at radius 1 is 0.853 bits per heavy atom. The third kappa shape index (κ3) is 10.5. The third-order valence-electron chi connectivity index (χ3n) is 4.92. The summed E-state index contributed by atoms with van der Waals surface area (Å²) in [4.78, 5) is 32.6. The minimum Gasteiger partial charge on any atom is -0.492 e. The topological polar surface area (TPSA) is 145 Å². The minimum atomic E-state index is -2.74. The molecule has 34 heavy (non-hydrogen) atoms. The van der Waals surface area contributed by atoms with Crippen LogP contribution in [0.1, 0.15) is 71.1 Å². The number of carboxylic acids is 3. The highest BCUT2D eigenvalue weighted by atomic mass is 16.5. The van der Waals surface area contributed by atoms with Gasteiger partial charge in [0, 0.05) is 17.7 Å². The molecule has 0 radical (unpaired) electrons. The maximum atomic E-state index is 10.3. The largest absolute Gasteiger partial charge is 0.492 e. The average molecular weight is 484 g/mol. The van der Waals surface area contributed by atoms with E-state index in [0.717, 1.165) is 18.9 Å². The molecule has 0 aromatic heterocycles. The Morgan fingerprint density at radius 3 is 1.50 bits per heavy atom. The van der Waals surface area contributed by atoms with E-state index in [2.05, 4.69) is 79.6 Å². The van der Waals surface area contributed by atoms with Crippen molar-refractivity contribution in [2.45, 2.75) is 77.7 Å². The number of carboxylic acid groups (broad SMARTS) is 3. The number of ether oxygens (including phenoxy) is 1. The van der Waals surface area contributed by atoms with Crippen molar-refractivity contribution in [1.29, 1.82) is 0 Å². The van der Waals surface area contributed by atoms with Gasteiger partial charge in [0.15, 0.2) is 5.60 Å². The first-order valence-electron chi connectivity index (χ1n) is 11.0. The molecule has 0 aliphatic rings. The van der Waals surface area contributed by atoms with E-state index < -0.39 is 36.4 Å². The quantitative estimate of drug-likeness (QED) is 0.416. The molecule has 4 N–H and O–H groups in total. The molecule has 9 nitrogen and oxygen atoms in total. The predicted molar refractivity (Wildman–Crippen MR) is 130 cm³/mol. The molecule has 1 rings (SSSR count). The van der Waals surface area contributed by atoms with Crippen LogP contribution < -0.4 is 4.74 Å². The molecule has 0 saturated heterocycles. The van der Waals surface area contributed by atoms with E-state index in [-0.39, 0.29) is 10.8 Å². The van der Waals surface area contributed by atoms with E-state index in [0.29, 0.717) is 0 Å². The van der Waals surface area contributed by atoms with E-state index in [1.165, 1.54) is 16.7 Å². The Labute approximate surface area is 202 Å². The molecule has 0 saturated carbocycles. The van der Waals surface area contributed by atoms with Gasteiger partial charge in [0.05, 0.1) is 12.8 Å². The van der Waals surface area contributed by atoms with Gasteiger partial charge in [0.2, 0.25) is 0 Å². The normalized spacial score (nSPS) is 12.1. The molecule has 0 unspecified atom stereocenters. The maximum absolute atomic E-state index is 10.3. The zero-order valence-electron chi connectivity index (χ0n) is 21.9. The minimum absolute atomic E-state index is 0.0828. The maximum Gasteiger partial charge on any atom is 0.336 e. The molecule has 0 atom stereocenters. The van der Waals surface area contributed by atoms with Crippen molar-refractivity contribution in [2.24, 2.45) is 0 Å². The summed E-state index contributed by atoms with van der Waals surface area (Å²) in [6.45, 7) is 17.4. The van der Waals surface area contributed by atoms with Gasteiger partial charge in [-0.1, -0.05) is 59.2 Å². The molecule has 0 aliphatic carbocycles. The summed E-state index contributed by atoms with van der Waals surface area (Å²) < 4.78 is 6.25. The first-order valence-corrected chi connectivity index (χ1v) is 11.0. The summed E-state index contributed by atoms with van der Waals surface area (Å²) >= 11 is 0. The molecule has 0 fully saturated rings. The van der Waals surface area contributed by atoms with Gasteiger partial charge in [0.1, 0.15) is 12.4 Å². The smallest absolute Gasteiger partial charge is 0.336 e. The molecule has 0 aliphatic heterocycles. The molecule has 0 bridgehead atoms. The molecule has 1 aromatic carbocycles. The van der Waals surface area contributed by atoms with Crippen molar-refractivity contribution in [2.75, 3.05) is 27.2 Å². The van der Waals surface area contributed by atoms with E-state index >= 15 is 0 Å². The first-order chi connectivity index (χ1) is 15.2. The number of rotatable bonds is 9. The van der Waals surface area contributed by atoms with Gasteiger partial charge < -0.3 is 30.1 Å². The second kappa shape index (κ2) is 12.2. The molecule has 1 aromatic rings. The van der Waals surface area contributed by atoms with Crippen LogP contribution in [0.25, 0.3) is 0 Å². The van der Waals surface area contributed by atoms with Crippen LogP contribution in [0.5, 0.6) is 5.75 Å². The summed E-state index contributed by atoms with van der Waals surface area (Å²) in [6.07, 6.45) is -2.29. The summed E-state index contributed by atoms with van der Waals surface area (Å²) in [5.41, 5.74) is 1.36. The van der Waals surface area contributed by atoms with Gasteiger partial charge in [-0.15, -0.1) is 0 Å². The Balaban J connectivity index is 0.000000722. The van der Waals surface area contributed by atoms with Gasteiger partial charge >= 0.3 is 17.9 Å². The van der Waals surface area contributed by atoms with E-state index in [1.807, 2.05) is 0 Å². The fourth-order valence-corrected chi connectivity index (χ4v) is 3.09. The van der Waals surface area contributed by atoms with Crippen molar-refractivity contribution in [3.8, 4) is 5.75 Å². The number of likely N-dealkylation sites (N-methyl/N-ethyl adjacent to an activating group) is 1. The summed E-state index contributed by atoms with van der Waals surface area (Å²) in [6, 6.07) is 4.56. The van der Waals surface area contributed by atoms with Crippen LogP contribution in [0.4, 0.5) is 0 Å². The molecule has 194 valence electrons. The van der Waals surface area contributed by atoms with Crippen molar-refractivity contribution in [3.05, 3.63) is 28.8 Å². The number of nitrogens with zero attached hydrogens (tertiary/aromatic N) is 1. The first kappa shape index (κ1) is 31.4. The second-order valence-electron chi connectivity index (χ2n) is 10.8. The number of aryl methyl sites for hydroxylation is 1. The van der Waals surface area contributed by atoms with Crippen LogP contribution in [-0.2, 0) is 25.2 Å². The zero-order chi connectivity index (χ0) is 27.1. The van der Waals surface area contributed by atoms with Gasteiger partial charge in [-0.05, 0) is 31.8 Å². The number of aliphatic hydroxyl groups is 1. The lowest BCUT2D eigenvalue weighted by molar-refractivity contribution is -0.170. The molecule has 9 heteroatoms. The summed E-state index contributed by atoms with van der Waals surface area (Å²) in [7, 11) is 4.15. The van der Waals surface area contributed by atoms with Crippen molar-refractivity contribution >= 4 is 17.9 Å². The Hall–Kier alpha value is -2.65. The van der Waals surface area contributed by atoms with Gasteiger partial charge in [-0.25, -0.2) is 4.79 Å². The lowest BCUT2D eigenvalue weighted by Crippen LogP contribution is -2.42. The third-order valence-corrected chi connectivity index (χ3v) is 4.92. The predicted octanol–water partition coefficient (Wildman–Crippen LogP) is 3.28. The molecular weight excluding hydrogens is 442 g/mol. The fourth-order valence-electron chi connectivity index (χ4n) is 3.09. The molecule has 0 spiro atoms. The lowest BCUT2D eigenvalue weighted by atomic mass is 9.78. The zero-order valence-corrected chi connectivity index (χ0v) is 21.9. The monoisotopic (exact) mass is 483 g/mol. The number of carbonyl (C=O) groups is 3. The molecule has 0 heterocycles. The fraction of sp³-hybridized carbons (Fsp3) is 0.640. The molecular formula is C25H41NO8. The number of aliphatic carboxylic acids is 3. The van der Waals surface area contributed by atoms with Gasteiger partial charge in [-0.2, -0.15) is 0 Å². The van der Waals surface area contributed by atoms with Crippen molar-refractivity contribution in [3.63, 3.8) is 0 Å². The highest BCUT2D eigenvalue weighted by molar-refractivity contribution is 5.88. The number of hydrogen-bond acceptors (Lipinski definition) is 6. The van der Waals surface area contributed by atoms with Gasteiger partial charge in [-0.3, -0.25) is 9.59 Å². The lowest BCUT2D eigenvalue weighted by Gasteiger charge is -2.30. The average Bonchev–Trinajstić information content (AvgIpc) is 2.59.